The molecule has 10 nitrogen and oxygen atoms in total. The lowest BCUT2D eigenvalue weighted by Gasteiger charge is -2.11. The summed E-state index contributed by atoms with van der Waals surface area (Å²) in [6.07, 6.45) is -0.830. The van der Waals surface area contributed by atoms with Crippen LogP contribution in [0.1, 0.15) is 6.92 Å². The van der Waals surface area contributed by atoms with Crippen LogP contribution in [0, 0.1) is 0 Å². The van der Waals surface area contributed by atoms with Gasteiger partial charge in [-0.1, -0.05) is 23.9 Å². The molecule has 164 valence electrons. The molecule has 31 heavy (non-hydrogen) atoms. The maximum atomic E-state index is 12.8. The van der Waals surface area contributed by atoms with Gasteiger partial charge in [0.25, 0.3) is 15.2 Å². The smallest absolute Gasteiger partial charge is 0.413 e. The highest BCUT2D eigenvalue weighted by Crippen LogP contribution is 2.29. The molecule has 0 radical (unpaired) electrons. The van der Waals surface area contributed by atoms with Crippen LogP contribution in [0.4, 0.5) is 10.5 Å². The molecule has 0 spiro atoms. The number of hydrogen-bond donors (Lipinski definition) is 2. The fraction of sp³-hybridized carbons (Fsp3) is 0.211. The fourth-order valence-corrected chi connectivity index (χ4v) is 4.22. The Labute approximate surface area is 182 Å². The summed E-state index contributed by atoms with van der Waals surface area (Å²) in [5.41, 5.74) is 0.954. The van der Waals surface area contributed by atoms with Crippen molar-refractivity contribution in [2.75, 3.05) is 24.2 Å². The summed E-state index contributed by atoms with van der Waals surface area (Å²) in [6, 6.07) is 10.9. The average Bonchev–Trinajstić information content (AvgIpc) is 3.15. The second-order valence-electron chi connectivity index (χ2n) is 5.97. The van der Waals surface area contributed by atoms with E-state index in [1.807, 2.05) is 0 Å². The van der Waals surface area contributed by atoms with Crippen LogP contribution < -0.4 is 14.8 Å². The van der Waals surface area contributed by atoms with Gasteiger partial charge in [-0.25, -0.2) is 18.2 Å². The van der Waals surface area contributed by atoms with Gasteiger partial charge in [-0.05, 0) is 37.3 Å². The van der Waals surface area contributed by atoms with E-state index in [1.165, 1.54) is 25.3 Å². The zero-order valence-corrected chi connectivity index (χ0v) is 18.2. The first kappa shape index (κ1) is 22.4. The van der Waals surface area contributed by atoms with Gasteiger partial charge < -0.3 is 13.9 Å². The normalized spacial score (nSPS) is 11.2. The topological polar surface area (TPSA) is 137 Å². The van der Waals surface area contributed by atoms with Gasteiger partial charge in [0, 0.05) is 0 Å². The highest BCUT2D eigenvalue weighted by molar-refractivity contribution is 7.99. The Morgan fingerprint density at radius 3 is 2.71 bits per heavy atom. The van der Waals surface area contributed by atoms with Crippen molar-refractivity contribution in [1.29, 1.82) is 0 Å². The van der Waals surface area contributed by atoms with E-state index in [4.69, 9.17) is 9.15 Å². The summed E-state index contributed by atoms with van der Waals surface area (Å²) in [6.45, 7) is 1.77. The molecule has 0 saturated heterocycles. The number of oxazole rings is 1. The number of anilines is 1. The van der Waals surface area contributed by atoms with Crippen molar-refractivity contribution in [2.24, 2.45) is 0 Å². The molecule has 0 unspecified atom stereocenters. The van der Waals surface area contributed by atoms with E-state index in [1.54, 1.807) is 31.2 Å². The van der Waals surface area contributed by atoms with Crippen LogP contribution in [0.25, 0.3) is 11.1 Å². The molecule has 1 heterocycles. The fourth-order valence-electron chi connectivity index (χ4n) is 2.49. The minimum Gasteiger partial charge on any atom is -0.495 e. The van der Waals surface area contributed by atoms with Crippen molar-refractivity contribution in [3.8, 4) is 5.75 Å². The minimum absolute atomic E-state index is 0.0178. The number of rotatable bonds is 8. The molecule has 0 saturated carbocycles. The first-order valence-corrected chi connectivity index (χ1v) is 11.4. The van der Waals surface area contributed by atoms with Gasteiger partial charge in [0.15, 0.2) is 5.58 Å². The Balaban J connectivity index is 1.73. The molecule has 1 aromatic heterocycles. The molecule has 0 atom stereocenters. The number of imide groups is 1. The van der Waals surface area contributed by atoms with Crippen LogP contribution in [0.5, 0.6) is 5.75 Å². The molecule has 3 rings (SSSR count). The first-order valence-electron chi connectivity index (χ1n) is 8.98. The number of para-hydroxylation sites is 2. The molecular formula is C19H19N3O7S2. The van der Waals surface area contributed by atoms with E-state index in [-0.39, 0.29) is 22.5 Å². The number of alkyl carbamates (subject to hydrolysis) is 1. The van der Waals surface area contributed by atoms with Crippen LogP contribution in [0.3, 0.4) is 0 Å². The number of fused-ring (bicyclic) bond motifs is 1. The number of nitrogens with zero attached hydrogens (tertiary/aromatic N) is 1. The van der Waals surface area contributed by atoms with Crippen molar-refractivity contribution in [1.82, 2.24) is 10.3 Å². The third kappa shape index (κ3) is 5.67. The third-order valence-electron chi connectivity index (χ3n) is 3.84. The zero-order valence-electron chi connectivity index (χ0n) is 16.6. The lowest BCUT2D eigenvalue weighted by Crippen LogP contribution is -2.32. The summed E-state index contributed by atoms with van der Waals surface area (Å²) >= 11 is 0.956. The van der Waals surface area contributed by atoms with Gasteiger partial charge in [-0.3, -0.25) is 14.8 Å². The number of sulfonamides is 1. The number of amides is 2. The highest BCUT2D eigenvalue weighted by atomic mass is 32.2. The van der Waals surface area contributed by atoms with Crippen LogP contribution in [-0.2, 0) is 19.6 Å². The molecule has 2 aromatic carbocycles. The standard InChI is InChI=1S/C19H19N3O7S2/c1-3-28-18(24)21-17(23)11-30-19-20-14-10-12(8-9-16(14)29-19)31(25,26)22-13-6-4-5-7-15(13)27-2/h4-10,22H,3,11H2,1-2H3,(H,21,23,24). The largest absolute Gasteiger partial charge is 0.495 e. The predicted octanol–water partition coefficient (Wildman–Crippen LogP) is 3.00. The van der Waals surface area contributed by atoms with E-state index in [9.17, 15) is 18.0 Å². The number of aromatic nitrogens is 1. The second-order valence-corrected chi connectivity index (χ2v) is 8.58. The molecule has 0 aliphatic heterocycles. The molecule has 3 aromatic rings. The highest BCUT2D eigenvalue weighted by Gasteiger charge is 2.19. The number of carbonyl (C=O) groups excluding carboxylic acids is 2. The van der Waals surface area contributed by atoms with Crippen LogP contribution in [0.2, 0.25) is 0 Å². The molecule has 12 heteroatoms. The Morgan fingerprint density at radius 2 is 1.97 bits per heavy atom. The molecule has 0 bridgehead atoms. The van der Waals surface area contributed by atoms with Gasteiger partial charge in [0.05, 0.1) is 30.1 Å². The number of carbonyl (C=O) groups is 2. The summed E-state index contributed by atoms with van der Waals surface area (Å²) in [4.78, 5) is 27.1. The van der Waals surface area contributed by atoms with Gasteiger partial charge in [0.2, 0.25) is 5.91 Å². The number of thioether (sulfide) groups is 1. The average molecular weight is 466 g/mol. The van der Waals surface area contributed by atoms with E-state index < -0.39 is 22.0 Å². The molecule has 0 aliphatic carbocycles. The Bertz CT molecular complexity index is 1210. The van der Waals surface area contributed by atoms with Gasteiger partial charge in [0.1, 0.15) is 11.3 Å². The Kier molecular flexibility index (Phi) is 7.02. The number of ether oxygens (including phenoxy) is 2. The zero-order chi connectivity index (χ0) is 22.4. The van der Waals surface area contributed by atoms with Gasteiger partial charge in [-0.15, -0.1) is 0 Å². The number of benzene rings is 2. The summed E-state index contributed by atoms with van der Waals surface area (Å²) in [5, 5.41) is 2.21. The maximum absolute atomic E-state index is 12.8. The molecule has 2 N–H and O–H groups in total. The van der Waals surface area contributed by atoms with Crippen LogP contribution in [0.15, 0.2) is 57.0 Å². The van der Waals surface area contributed by atoms with Crippen molar-refractivity contribution >= 4 is 50.6 Å². The number of methoxy groups -OCH3 is 1. The third-order valence-corrected chi connectivity index (χ3v) is 6.04. The molecule has 0 aliphatic rings. The molecule has 0 fully saturated rings. The lowest BCUT2D eigenvalue weighted by molar-refractivity contribution is -0.117. The van der Waals surface area contributed by atoms with Crippen LogP contribution in [-0.4, -0.2) is 44.9 Å². The maximum Gasteiger partial charge on any atom is 0.413 e. The predicted molar refractivity (Wildman–Crippen MR) is 114 cm³/mol. The summed E-state index contributed by atoms with van der Waals surface area (Å²) in [7, 11) is -2.46. The monoisotopic (exact) mass is 465 g/mol. The Morgan fingerprint density at radius 1 is 1.19 bits per heavy atom. The van der Waals surface area contributed by atoms with Crippen molar-refractivity contribution in [3.63, 3.8) is 0 Å². The van der Waals surface area contributed by atoms with Crippen molar-refractivity contribution in [3.05, 3.63) is 42.5 Å². The SMILES string of the molecule is CCOC(=O)NC(=O)CSc1nc2cc(S(=O)(=O)Nc3ccccc3OC)ccc2o1. The number of hydrogen-bond acceptors (Lipinski definition) is 9. The first-order chi connectivity index (χ1) is 14.8. The Hall–Kier alpha value is -3.25. The van der Waals surface area contributed by atoms with E-state index >= 15 is 0 Å². The van der Waals surface area contributed by atoms with Gasteiger partial charge in [-0.2, -0.15) is 0 Å². The summed E-state index contributed by atoms with van der Waals surface area (Å²) in [5.74, 6) is -0.324. The minimum atomic E-state index is -3.91. The quantitative estimate of drug-likeness (QED) is 0.481. The lowest BCUT2D eigenvalue weighted by atomic mass is 10.3. The van der Waals surface area contributed by atoms with Crippen molar-refractivity contribution < 1.29 is 31.9 Å². The van der Waals surface area contributed by atoms with E-state index in [2.05, 4.69) is 19.8 Å². The molecule has 2 amide bonds. The van der Waals surface area contributed by atoms with E-state index in [0.29, 0.717) is 22.5 Å². The molecular weight excluding hydrogens is 446 g/mol. The number of nitrogens with one attached hydrogen (secondary N) is 2. The second kappa shape index (κ2) is 9.71. The van der Waals surface area contributed by atoms with Crippen molar-refractivity contribution in [2.45, 2.75) is 17.0 Å². The van der Waals surface area contributed by atoms with E-state index in [0.717, 1.165) is 11.8 Å². The van der Waals surface area contributed by atoms with Gasteiger partial charge >= 0.3 is 6.09 Å². The summed E-state index contributed by atoms with van der Waals surface area (Å²) < 4.78 is 43.3. The van der Waals surface area contributed by atoms with Crippen LogP contribution >= 0.6 is 11.8 Å².